The predicted molar refractivity (Wildman–Crippen MR) is 103 cm³/mol. The van der Waals surface area contributed by atoms with Gasteiger partial charge in [0.05, 0.1) is 6.54 Å². The van der Waals surface area contributed by atoms with Crippen molar-refractivity contribution in [3.63, 3.8) is 0 Å². The average Bonchev–Trinajstić information content (AvgIpc) is 2.67. The van der Waals surface area contributed by atoms with Crippen LogP contribution in [0.15, 0.2) is 54.6 Å². The second kappa shape index (κ2) is 10.4. The van der Waals surface area contributed by atoms with Gasteiger partial charge < -0.3 is 16.0 Å². The quantitative estimate of drug-likeness (QED) is 0.635. The lowest BCUT2D eigenvalue weighted by atomic mass is 9.98. The highest BCUT2D eigenvalue weighted by Gasteiger charge is 2.19. The first-order chi connectivity index (χ1) is 12.6. The molecule has 0 saturated carbocycles. The van der Waals surface area contributed by atoms with Crippen molar-refractivity contribution in [2.24, 2.45) is 0 Å². The largest absolute Gasteiger partial charge is 0.355 e. The summed E-state index contributed by atoms with van der Waals surface area (Å²) in [7, 11) is 0. The smallest absolute Gasteiger partial charge is 0.275 e. The van der Waals surface area contributed by atoms with Crippen LogP contribution in [0.2, 0.25) is 0 Å². The van der Waals surface area contributed by atoms with E-state index in [4.69, 9.17) is 0 Å². The molecule has 0 spiro atoms. The van der Waals surface area contributed by atoms with E-state index in [0.717, 1.165) is 17.5 Å². The number of aryl methyl sites for hydroxylation is 1. The van der Waals surface area contributed by atoms with Crippen molar-refractivity contribution < 1.29 is 14.9 Å². The summed E-state index contributed by atoms with van der Waals surface area (Å²) in [6, 6.07) is 18.5. The molecule has 4 N–H and O–H groups in total. The van der Waals surface area contributed by atoms with Crippen LogP contribution < -0.4 is 16.0 Å². The van der Waals surface area contributed by atoms with Crippen molar-refractivity contribution in [2.45, 2.75) is 26.3 Å². The lowest BCUT2D eigenvalue weighted by Gasteiger charge is -2.17. The van der Waals surface area contributed by atoms with Gasteiger partial charge in [0.2, 0.25) is 5.91 Å². The van der Waals surface area contributed by atoms with Gasteiger partial charge in [-0.05, 0) is 13.3 Å². The van der Waals surface area contributed by atoms with Gasteiger partial charge in [-0.25, -0.2) is 0 Å². The van der Waals surface area contributed by atoms with Crippen LogP contribution in [0.1, 0.15) is 36.1 Å². The van der Waals surface area contributed by atoms with E-state index in [1.54, 1.807) is 0 Å². The van der Waals surface area contributed by atoms with Crippen LogP contribution in [0.25, 0.3) is 0 Å². The number of nitrogens with one attached hydrogen (secondary N) is 2. The summed E-state index contributed by atoms with van der Waals surface area (Å²) in [5, 5.41) is 7.42. The van der Waals surface area contributed by atoms with E-state index in [1.807, 2.05) is 30.4 Å². The summed E-state index contributed by atoms with van der Waals surface area (Å²) in [5.41, 5.74) is 3.50. The van der Waals surface area contributed by atoms with Crippen LogP contribution in [-0.4, -0.2) is 31.4 Å². The summed E-state index contributed by atoms with van der Waals surface area (Å²) in [5.74, 6) is -0.303. The molecule has 2 amide bonds. The highest BCUT2D eigenvalue weighted by molar-refractivity contribution is 5.84. The molecule has 0 aliphatic rings. The number of carbonyl (C=O) groups excluding carboxylic acids is 2. The minimum Gasteiger partial charge on any atom is -0.355 e. The molecule has 0 bridgehead atoms. The number of hydrogen-bond donors (Lipinski definition) is 3. The van der Waals surface area contributed by atoms with E-state index < -0.39 is 0 Å². The van der Waals surface area contributed by atoms with Gasteiger partial charge in [-0.2, -0.15) is 0 Å². The maximum atomic E-state index is 12.1. The first-order valence-electron chi connectivity index (χ1n) is 9.08. The molecular weight excluding hydrogens is 326 g/mol. The van der Waals surface area contributed by atoms with Gasteiger partial charge in [-0.15, -0.1) is 0 Å². The molecule has 26 heavy (non-hydrogen) atoms. The Kier molecular flexibility index (Phi) is 7.83. The number of carbonyl (C=O) groups is 2. The van der Waals surface area contributed by atoms with Crippen LogP contribution in [0.4, 0.5) is 0 Å². The van der Waals surface area contributed by atoms with Crippen molar-refractivity contribution in [3.8, 4) is 0 Å². The lowest BCUT2D eigenvalue weighted by Crippen LogP contribution is -2.87. The SMILES string of the molecule is CCCNC(=O)CNC(=O)C[NH2+][C@@H](c1ccccc1)c1ccc(C)cc1. The first-order valence-corrected chi connectivity index (χ1v) is 9.08. The number of amides is 2. The van der Waals surface area contributed by atoms with E-state index >= 15 is 0 Å². The minimum absolute atomic E-state index is 0.0210. The van der Waals surface area contributed by atoms with E-state index in [9.17, 15) is 9.59 Å². The van der Waals surface area contributed by atoms with Crippen molar-refractivity contribution in [3.05, 3.63) is 71.3 Å². The average molecular weight is 354 g/mol. The number of rotatable bonds is 9. The Bertz CT molecular complexity index is 699. The summed E-state index contributed by atoms with van der Waals surface area (Å²) in [4.78, 5) is 23.7. The molecule has 2 aromatic rings. The van der Waals surface area contributed by atoms with Crippen LogP contribution in [-0.2, 0) is 9.59 Å². The Balaban J connectivity index is 1.96. The number of hydrogen-bond acceptors (Lipinski definition) is 2. The second-order valence-electron chi connectivity index (χ2n) is 6.37. The highest BCUT2D eigenvalue weighted by Crippen LogP contribution is 2.18. The van der Waals surface area contributed by atoms with Gasteiger partial charge in [0, 0.05) is 17.7 Å². The number of benzene rings is 2. The van der Waals surface area contributed by atoms with Gasteiger partial charge >= 0.3 is 0 Å². The van der Waals surface area contributed by atoms with Gasteiger partial charge in [-0.1, -0.05) is 67.1 Å². The normalized spacial score (nSPS) is 11.6. The molecule has 0 aromatic heterocycles. The highest BCUT2D eigenvalue weighted by atomic mass is 16.2. The fourth-order valence-corrected chi connectivity index (χ4v) is 2.70. The molecule has 2 rings (SSSR count). The maximum absolute atomic E-state index is 12.1. The topological polar surface area (TPSA) is 74.8 Å². The monoisotopic (exact) mass is 354 g/mol. The van der Waals surface area contributed by atoms with Crippen molar-refractivity contribution in [1.82, 2.24) is 10.6 Å². The molecular formula is C21H28N3O2+. The number of nitrogens with two attached hydrogens (primary N) is 1. The first kappa shape index (κ1) is 19.7. The summed E-state index contributed by atoms with van der Waals surface area (Å²) < 4.78 is 0. The molecule has 2 aromatic carbocycles. The Morgan fingerprint density at radius 2 is 1.58 bits per heavy atom. The summed E-state index contributed by atoms with van der Waals surface area (Å²) in [6.45, 7) is 4.96. The zero-order valence-electron chi connectivity index (χ0n) is 15.5. The molecule has 0 heterocycles. The zero-order chi connectivity index (χ0) is 18.8. The second-order valence-corrected chi connectivity index (χ2v) is 6.37. The van der Waals surface area contributed by atoms with E-state index in [0.29, 0.717) is 6.54 Å². The zero-order valence-corrected chi connectivity index (χ0v) is 15.5. The summed E-state index contributed by atoms with van der Waals surface area (Å²) in [6.07, 6.45) is 0.878. The Hall–Kier alpha value is -2.66. The van der Waals surface area contributed by atoms with E-state index in [1.165, 1.54) is 5.56 Å². The molecule has 0 aliphatic carbocycles. The molecule has 0 saturated heterocycles. The van der Waals surface area contributed by atoms with Crippen molar-refractivity contribution >= 4 is 11.8 Å². The van der Waals surface area contributed by atoms with Crippen LogP contribution in [0, 0.1) is 6.92 Å². The molecule has 0 fully saturated rings. The minimum atomic E-state index is -0.154. The number of quaternary nitrogens is 1. The standard InChI is InChI=1S/C21H27N3O2/c1-3-13-22-19(25)14-23-20(26)15-24-21(17-7-5-4-6-8-17)18-11-9-16(2)10-12-18/h4-12,21,24H,3,13-15H2,1-2H3,(H,22,25)(H,23,26)/p+1/t21-/m0/s1. The molecule has 0 unspecified atom stereocenters. The van der Waals surface area contributed by atoms with Crippen LogP contribution >= 0.6 is 0 Å². The fraction of sp³-hybridized carbons (Fsp3) is 0.333. The summed E-state index contributed by atoms with van der Waals surface area (Å²) >= 11 is 0. The molecule has 138 valence electrons. The molecule has 0 aliphatic heterocycles. The Morgan fingerprint density at radius 1 is 0.923 bits per heavy atom. The maximum Gasteiger partial charge on any atom is 0.275 e. The Labute approximate surface area is 155 Å². The molecule has 1 atom stereocenters. The molecule has 0 radical (unpaired) electrons. The third kappa shape index (κ3) is 6.33. The third-order valence-corrected chi connectivity index (χ3v) is 4.15. The molecule has 5 nitrogen and oxygen atoms in total. The van der Waals surface area contributed by atoms with Crippen molar-refractivity contribution in [1.29, 1.82) is 0 Å². The van der Waals surface area contributed by atoms with Crippen LogP contribution in [0.3, 0.4) is 0 Å². The van der Waals surface area contributed by atoms with Crippen LogP contribution in [0.5, 0.6) is 0 Å². The van der Waals surface area contributed by atoms with E-state index in [-0.39, 0.29) is 30.9 Å². The van der Waals surface area contributed by atoms with Gasteiger partial charge in [0.15, 0.2) is 6.54 Å². The fourth-order valence-electron chi connectivity index (χ4n) is 2.70. The van der Waals surface area contributed by atoms with Gasteiger partial charge in [-0.3, -0.25) is 9.59 Å². The predicted octanol–water partition coefficient (Wildman–Crippen LogP) is 1.29. The van der Waals surface area contributed by atoms with Gasteiger partial charge in [0.1, 0.15) is 6.04 Å². The molecule has 5 heteroatoms. The van der Waals surface area contributed by atoms with E-state index in [2.05, 4.69) is 54.0 Å². The van der Waals surface area contributed by atoms with Crippen molar-refractivity contribution in [2.75, 3.05) is 19.6 Å². The Morgan fingerprint density at radius 3 is 2.23 bits per heavy atom. The lowest BCUT2D eigenvalue weighted by molar-refractivity contribution is -0.676. The van der Waals surface area contributed by atoms with Gasteiger partial charge in [0.25, 0.3) is 5.91 Å². The third-order valence-electron chi connectivity index (χ3n) is 4.15.